The number of benzene rings is 1. The van der Waals surface area contributed by atoms with Gasteiger partial charge in [-0.3, -0.25) is 0 Å². The molecule has 0 unspecified atom stereocenters. The van der Waals surface area contributed by atoms with Crippen LogP contribution in [0, 0.1) is 6.92 Å². The highest BCUT2D eigenvalue weighted by Gasteiger charge is 2.16. The Labute approximate surface area is 138 Å². The number of aryl methyl sites for hydroxylation is 1. The van der Waals surface area contributed by atoms with Gasteiger partial charge in [-0.2, -0.15) is 0 Å². The van der Waals surface area contributed by atoms with E-state index in [0.717, 1.165) is 40.3 Å². The molecule has 7 heteroatoms. The van der Waals surface area contributed by atoms with Crippen molar-refractivity contribution in [3.8, 4) is 17.1 Å². The summed E-state index contributed by atoms with van der Waals surface area (Å²) in [6, 6.07) is 9.76. The van der Waals surface area contributed by atoms with E-state index in [4.69, 9.17) is 9.26 Å². The Morgan fingerprint density at radius 3 is 2.78 bits per heavy atom. The van der Waals surface area contributed by atoms with E-state index in [1.165, 1.54) is 0 Å². The van der Waals surface area contributed by atoms with Crippen molar-refractivity contribution in [2.45, 2.75) is 31.3 Å². The smallest absolute Gasteiger partial charge is 0.191 e. The van der Waals surface area contributed by atoms with Crippen molar-refractivity contribution in [3.05, 3.63) is 41.8 Å². The topological polar surface area (TPSA) is 66.0 Å². The van der Waals surface area contributed by atoms with Gasteiger partial charge in [0.1, 0.15) is 11.5 Å². The van der Waals surface area contributed by atoms with Crippen molar-refractivity contribution in [2.24, 2.45) is 0 Å². The van der Waals surface area contributed by atoms with Crippen LogP contribution >= 0.6 is 11.8 Å². The van der Waals surface area contributed by atoms with Gasteiger partial charge < -0.3 is 13.8 Å². The molecule has 0 saturated heterocycles. The minimum Gasteiger partial charge on any atom is -0.496 e. The molecule has 2 aromatic heterocycles. The SMILES string of the molecule is CCn1c(SCc2cc(C)no2)nnc1-c1ccccc1OC. The molecule has 3 aromatic rings. The zero-order valence-corrected chi connectivity index (χ0v) is 14.1. The van der Waals surface area contributed by atoms with Crippen LogP contribution in [0.5, 0.6) is 5.75 Å². The monoisotopic (exact) mass is 330 g/mol. The van der Waals surface area contributed by atoms with Gasteiger partial charge in [-0.15, -0.1) is 10.2 Å². The summed E-state index contributed by atoms with van der Waals surface area (Å²) < 4.78 is 12.7. The fourth-order valence-corrected chi connectivity index (χ4v) is 3.21. The first kappa shape index (κ1) is 15.6. The highest BCUT2D eigenvalue weighted by molar-refractivity contribution is 7.98. The fraction of sp³-hybridized carbons (Fsp3) is 0.312. The van der Waals surface area contributed by atoms with Gasteiger partial charge in [-0.05, 0) is 26.0 Å². The first-order valence-electron chi connectivity index (χ1n) is 7.34. The van der Waals surface area contributed by atoms with E-state index in [2.05, 4.69) is 26.8 Å². The Hall–Kier alpha value is -2.28. The first-order chi connectivity index (χ1) is 11.2. The number of nitrogens with zero attached hydrogens (tertiary/aromatic N) is 4. The van der Waals surface area contributed by atoms with Gasteiger partial charge in [0.2, 0.25) is 0 Å². The van der Waals surface area contributed by atoms with Crippen molar-refractivity contribution in [1.82, 2.24) is 19.9 Å². The summed E-state index contributed by atoms with van der Waals surface area (Å²) in [5.74, 6) is 3.10. The largest absolute Gasteiger partial charge is 0.496 e. The van der Waals surface area contributed by atoms with E-state index in [1.54, 1.807) is 18.9 Å². The minimum atomic E-state index is 0.672. The summed E-state index contributed by atoms with van der Waals surface area (Å²) in [6.45, 7) is 4.76. The minimum absolute atomic E-state index is 0.672. The van der Waals surface area contributed by atoms with Crippen LogP contribution in [0.2, 0.25) is 0 Å². The Kier molecular flexibility index (Phi) is 4.66. The molecular weight excluding hydrogens is 312 g/mol. The van der Waals surface area contributed by atoms with Crippen molar-refractivity contribution in [3.63, 3.8) is 0 Å². The molecule has 2 heterocycles. The Bertz CT molecular complexity index is 797. The van der Waals surface area contributed by atoms with Gasteiger partial charge in [0.25, 0.3) is 0 Å². The van der Waals surface area contributed by atoms with Crippen LogP contribution < -0.4 is 4.74 Å². The molecule has 1 aromatic carbocycles. The van der Waals surface area contributed by atoms with Crippen LogP contribution in [0.4, 0.5) is 0 Å². The predicted molar refractivity (Wildman–Crippen MR) is 88.5 cm³/mol. The second-order valence-electron chi connectivity index (χ2n) is 4.97. The number of methoxy groups -OCH3 is 1. The maximum Gasteiger partial charge on any atom is 0.191 e. The van der Waals surface area contributed by atoms with Gasteiger partial charge in [0, 0.05) is 12.6 Å². The summed E-state index contributed by atoms with van der Waals surface area (Å²) in [5, 5.41) is 13.4. The second kappa shape index (κ2) is 6.87. The number of hydrogen-bond acceptors (Lipinski definition) is 6. The average molecular weight is 330 g/mol. The summed E-state index contributed by atoms with van der Waals surface area (Å²) in [5.41, 5.74) is 1.82. The lowest BCUT2D eigenvalue weighted by Gasteiger charge is -2.10. The summed E-state index contributed by atoms with van der Waals surface area (Å²) >= 11 is 1.58. The van der Waals surface area contributed by atoms with E-state index >= 15 is 0 Å². The Morgan fingerprint density at radius 2 is 2.09 bits per heavy atom. The molecule has 3 rings (SSSR count). The van der Waals surface area contributed by atoms with Crippen LogP contribution in [-0.2, 0) is 12.3 Å². The number of para-hydroxylation sites is 1. The molecule has 0 fully saturated rings. The number of rotatable bonds is 6. The third-order valence-corrected chi connectivity index (χ3v) is 4.39. The van der Waals surface area contributed by atoms with Crippen LogP contribution in [-0.4, -0.2) is 27.0 Å². The van der Waals surface area contributed by atoms with Crippen LogP contribution in [0.25, 0.3) is 11.4 Å². The molecule has 0 atom stereocenters. The molecule has 0 N–H and O–H groups in total. The molecule has 6 nitrogen and oxygen atoms in total. The number of hydrogen-bond donors (Lipinski definition) is 0. The van der Waals surface area contributed by atoms with E-state index < -0.39 is 0 Å². The van der Waals surface area contributed by atoms with E-state index in [-0.39, 0.29) is 0 Å². The number of aromatic nitrogens is 4. The number of thioether (sulfide) groups is 1. The van der Waals surface area contributed by atoms with Crippen molar-refractivity contribution >= 4 is 11.8 Å². The van der Waals surface area contributed by atoms with E-state index in [0.29, 0.717) is 5.75 Å². The number of ether oxygens (including phenoxy) is 1. The Morgan fingerprint density at radius 1 is 1.26 bits per heavy atom. The van der Waals surface area contributed by atoms with Gasteiger partial charge in [0.15, 0.2) is 11.0 Å². The molecule has 0 aliphatic rings. The lowest BCUT2D eigenvalue weighted by molar-refractivity contribution is 0.391. The summed E-state index contributed by atoms with van der Waals surface area (Å²) in [6.07, 6.45) is 0. The highest BCUT2D eigenvalue weighted by Crippen LogP contribution is 2.31. The molecule has 0 saturated carbocycles. The molecule has 120 valence electrons. The van der Waals surface area contributed by atoms with Gasteiger partial charge in [0.05, 0.1) is 24.1 Å². The summed E-state index contributed by atoms with van der Waals surface area (Å²) in [7, 11) is 1.66. The molecular formula is C16H18N4O2S. The molecule has 0 amide bonds. The third-order valence-electron chi connectivity index (χ3n) is 3.40. The zero-order chi connectivity index (χ0) is 16.2. The zero-order valence-electron chi connectivity index (χ0n) is 13.3. The van der Waals surface area contributed by atoms with Crippen LogP contribution in [0.1, 0.15) is 18.4 Å². The lowest BCUT2D eigenvalue weighted by Crippen LogP contribution is -2.01. The van der Waals surface area contributed by atoms with Crippen molar-refractivity contribution in [2.75, 3.05) is 7.11 Å². The van der Waals surface area contributed by atoms with Gasteiger partial charge in [-0.1, -0.05) is 29.1 Å². The maximum atomic E-state index is 5.43. The predicted octanol–water partition coefficient (Wildman–Crippen LogP) is 3.56. The maximum absolute atomic E-state index is 5.43. The highest BCUT2D eigenvalue weighted by atomic mass is 32.2. The van der Waals surface area contributed by atoms with Crippen molar-refractivity contribution in [1.29, 1.82) is 0 Å². The molecule has 0 aliphatic carbocycles. The molecule has 23 heavy (non-hydrogen) atoms. The van der Waals surface area contributed by atoms with Gasteiger partial charge >= 0.3 is 0 Å². The summed E-state index contributed by atoms with van der Waals surface area (Å²) in [4.78, 5) is 0. The second-order valence-corrected chi connectivity index (χ2v) is 5.92. The molecule has 0 aliphatic heterocycles. The quantitative estimate of drug-likeness (QED) is 0.644. The van der Waals surface area contributed by atoms with E-state index in [9.17, 15) is 0 Å². The van der Waals surface area contributed by atoms with Crippen molar-refractivity contribution < 1.29 is 9.26 Å². The molecule has 0 bridgehead atoms. The fourth-order valence-electron chi connectivity index (χ4n) is 2.33. The third kappa shape index (κ3) is 3.24. The standard InChI is InChI=1S/C16H18N4O2S/c1-4-20-15(13-7-5-6-8-14(13)21-3)17-18-16(20)23-10-12-9-11(2)19-22-12/h5-9H,4,10H2,1-3H3. The molecule has 0 radical (unpaired) electrons. The first-order valence-corrected chi connectivity index (χ1v) is 8.33. The van der Waals surface area contributed by atoms with Crippen LogP contribution in [0.3, 0.4) is 0 Å². The van der Waals surface area contributed by atoms with E-state index in [1.807, 2.05) is 37.3 Å². The molecule has 0 spiro atoms. The lowest BCUT2D eigenvalue weighted by atomic mass is 10.2. The van der Waals surface area contributed by atoms with Gasteiger partial charge in [-0.25, -0.2) is 0 Å². The normalized spacial score (nSPS) is 10.9. The van der Waals surface area contributed by atoms with Crippen LogP contribution in [0.15, 0.2) is 40.0 Å². The Balaban J connectivity index is 1.87. The average Bonchev–Trinajstić information content (AvgIpc) is 3.18.